The van der Waals surface area contributed by atoms with Gasteiger partial charge in [0.15, 0.2) is 5.13 Å². The third-order valence-corrected chi connectivity index (χ3v) is 7.42. The van der Waals surface area contributed by atoms with E-state index in [0.29, 0.717) is 31.0 Å². The van der Waals surface area contributed by atoms with Crippen LogP contribution in [0.5, 0.6) is 5.75 Å². The fourth-order valence-corrected chi connectivity index (χ4v) is 5.65. The molecule has 1 unspecified atom stereocenters. The van der Waals surface area contributed by atoms with Crippen LogP contribution in [-0.2, 0) is 13.0 Å². The number of ether oxygens (including phenoxy) is 1. The number of aryl methyl sites for hydroxylation is 1. The summed E-state index contributed by atoms with van der Waals surface area (Å²) in [5.41, 5.74) is 3.99. The smallest absolute Gasteiger partial charge is 0.263 e. The first-order valence-electron chi connectivity index (χ1n) is 12.1. The maximum atomic E-state index is 12.7. The van der Waals surface area contributed by atoms with Crippen LogP contribution in [0.1, 0.15) is 40.6 Å². The van der Waals surface area contributed by atoms with Crippen LogP contribution in [-0.4, -0.2) is 64.0 Å². The van der Waals surface area contributed by atoms with E-state index in [1.165, 1.54) is 11.3 Å². The number of anilines is 3. The Morgan fingerprint density at radius 3 is 2.89 bits per heavy atom. The summed E-state index contributed by atoms with van der Waals surface area (Å²) in [4.78, 5) is 26.9. The van der Waals surface area contributed by atoms with Gasteiger partial charge >= 0.3 is 0 Å². The molecule has 2 aliphatic rings. The first kappa shape index (κ1) is 24.5. The molecule has 0 fully saturated rings. The van der Waals surface area contributed by atoms with Crippen LogP contribution >= 0.6 is 11.3 Å². The highest BCUT2D eigenvalue weighted by Gasteiger charge is 2.35. The Hall–Kier alpha value is -3.21. The van der Waals surface area contributed by atoms with Crippen LogP contribution in [0.2, 0.25) is 0 Å². The van der Waals surface area contributed by atoms with Crippen molar-refractivity contribution in [1.82, 2.24) is 15.3 Å². The number of aliphatic hydroxyl groups is 2. The number of nitrogens with zero attached hydrogens (tertiary/aromatic N) is 4. The quantitative estimate of drug-likeness (QED) is 0.446. The number of carbonyl (C=O) groups excluding carboxylic acids is 1. The fourth-order valence-electron chi connectivity index (χ4n) is 4.64. The number of pyridine rings is 1. The Kier molecular flexibility index (Phi) is 6.59. The number of thiazole rings is 1. The van der Waals surface area contributed by atoms with E-state index in [-0.39, 0.29) is 24.6 Å². The summed E-state index contributed by atoms with van der Waals surface area (Å²) in [6, 6.07) is 11.7. The molecule has 3 aromatic rings. The zero-order valence-electron chi connectivity index (χ0n) is 20.7. The van der Waals surface area contributed by atoms with Crippen LogP contribution in [0.4, 0.5) is 16.5 Å². The van der Waals surface area contributed by atoms with Crippen molar-refractivity contribution < 1.29 is 19.7 Å². The molecule has 0 saturated carbocycles. The van der Waals surface area contributed by atoms with E-state index in [9.17, 15) is 15.0 Å². The van der Waals surface area contributed by atoms with Crippen molar-refractivity contribution in [3.8, 4) is 5.75 Å². The number of rotatable bonds is 7. The minimum atomic E-state index is -0.897. The lowest BCUT2D eigenvalue weighted by molar-refractivity contribution is 0.0900. The van der Waals surface area contributed by atoms with E-state index in [4.69, 9.17) is 9.72 Å². The number of fused-ring (bicyclic) bond motifs is 2. The van der Waals surface area contributed by atoms with Crippen LogP contribution in [0, 0.1) is 6.92 Å². The molecule has 0 spiro atoms. The maximum absolute atomic E-state index is 12.7. The van der Waals surface area contributed by atoms with Gasteiger partial charge in [-0.1, -0.05) is 17.4 Å². The number of benzene rings is 1. The van der Waals surface area contributed by atoms with Crippen molar-refractivity contribution in [3.63, 3.8) is 0 Å². The average molecular weight is 510 g/mol. The molecule has 0 bridgehead atoms. The Morgan fingerprint density at radius 1 is 1.28 bits per heavy atom. The van der Waals surface area contributed by atoms with E-state index < -0.39 is 6.10 Å². The van der Waals surface area contributed by atoms with Gasteiger partial charge in [0.2, 0.25) is 0 Å². The molecule has 4 heterocycles. The third kappa shape index (κ3) is 5.02. The van der Waals surface area contributed by atoms with Crippen molar-refractivity contribution in [3.05, 3.63) is 58.4 Å². The topological polar surface area (TPSA) is 111 Å². The Bertz CT molecular complexity index is 1280. The number of nitrogens with one attached hydrogen (secondary N) is 1. The van der Waals surface area contributed by atoms with E-state index in [1.807, 2.05) is 62.1 Å². The van der Waals surface area contributed by atoms with Gasteiger partial charge < -0.3 is 30.1 Å². The molecule has 1 aromatic carbocycles. The monoisotopic (exact) mass is 509 g/mol. The highest BCUT2D eigenvalue weighted by Crippen LogP contribution is 2.42. The Balaban J connectivity index is 1.49. The van der Waals surface area contributed by atoms with Gasteiger partial charge in [0.25, 0.3) is 5.91 Å². The van der Waals surface area contributed by atoms with Crippen molar-refractivity contribution in [2.24, 2.45) is 0 Å². The molecule has 3 N–H and O–H groups in total. The van der Waals surface area contributed by atoms with Crippen molar-refractivity contribution in [2.45, 2.75) is 45.4 Å². The molecule has 190 valence electrons. The molecule has 1 atom stereocenters. The van der Waals surface area contributed by atoms with Gasteiger partial charge in [0.05, 0.1) is 42.9 Å². The van der Waals surface area contributed by atoms with Crippen LogP contribution in [0.3, 0.4) is 0 Å². The van der Waals surface area contributed by atoms with E-state index >= 15 is 0 Å². The second-order valence-corrected chi connectivity index (χ2v) is 10.9. The summed E-state index contributed by atoms with van der Waals surface area (Å²) in [7, 11) is 0. The van der Waals surface area contributed by atoms with Gasteiger partial charge in [-0.3, -0.25) is 9.78 Å². The van der Waals surface area contributed by atoms with Gasteiger partial charge in [-0.05, 0) is 51.1 Å². The largest absolute Gasteiger partial charge is 0.490 e. The summed E-state index contributed by atoms with van der Waals surface area (Å²) in [5.74, 6) is 0.654. The average Bonchev–Trinajstić information content (AvgIpc) is 3.26. The zero-order valence-corrected chi connectivity index (χ0v) is 21.5. The lowest BCUT2D eigenvalue weighted by Crippen LogP contribution is -2.48. The molecule has 0 saturated heterocycles. The van der Waals surface area contributed by atoms with Crippen LogP contribution in [0.25, 0.3) is 0 Å². The maximum Gasteiger partial charge on any atom is 0.263 e. The van der Waals surface area contributed by atoms with Gasteiger partial charge in [0, 0.05) is 29.9 Å². The molecular formula is C26H31N5O4S. The second-order valence-electron chi connectivity index (χ2n) is 9.93. The Morgan fingerprint density at radius 2 is 2.11 bits per heavy atom. The predicted octanol–water partition coefficient (Wildman–Crippen LogP) is 2.80. The highest BCUT2D eigenvalue weighted by atomic mass is 32.1. The lowest BCUT2D eigenvalue weighted by Gasteiger charge is -2.32. The minimum absolute atomic E-state index is 0.0814. The van der Waals surface area contributed by atoms with Gasteiger partial charge in [0.1, 0.15) is 17.2 Å². The summed E-state index contributed by atoms with van der Waals surface area (Å²) in [6.07, 6.45) is -0.219. The van der Waals surface area contributed by atoms with Crippen LogP contribution < -0.4 is 19.9 Å². The second kappa shape index (κ2) is 9.68. The molecule has 9 nitrogen and oxygen atoms in total. The van der Waals surface area contributed by atoms with Gasteiger partial charge in [-0.15, -0.1) is 0 Å². The molecule has 0 radical (unpaired) electrons. The fraction of sp³-hybridized carbons (Fsp3) is 0.423. The number of hydrogen-bond acceptors (Lipinski definition) is 9. The summed E-state index contributed by atoms with van der Waals surface area (Å²) >= 11 is 1.40. The molecule has 1 amide bonds. The Labute approximate surface area is 214 Å². The first-order chi connectivity index (χ1) is 17.2. The number of hydrogen-bond donors (Lipinski definition) is 3. The van der Waals surface area contributed by atoms with E-state index in [1.54, 1.807) is 0 Å². The number of aromatic nitrogens is 2. The number of aliphatic hydroxyl groups excluding tert-OH is 2. The molecule has 10 heteroatoms. The molecular weight excluding hydrogens is 478 g/mol. The number of carbonyl (C=O) groups is 1. The summed E-state index contributed by atoms with van der Waals surface area (Å²) in [5, 5.41) is 23.6. The van der Waals surface area contributed by atoms with E-state index in [2.05, 4.69) is 15.2 Å². The standard InChI is InChI=1S/C26H31N5O4S/c1-16-5-4-6-17(27-16)13-30(14-19(33)15-32)18-7-8-22-21(11-18)31(9-10-35-22)25-28-20-12-26(2,3)29-24(34)23(20)36-25/h4-8,11,19,32-33H,9-10,12-15H2,1-3H3,(H,29,34). The lowest BCUT2D eigenvalue weighted by atomic mass is 9.94. The minimum Gasteiger partial charge on any atom is -0.490 e. The molecule has 0 aliphatic carbocycles. The van der Waals surface area contributed by atoms with Crippen molar-refractivity contribution in [1.29, 1.82) is 0 Å². The summed E-state index contributed by atoms with van der Waals surface area (Å²) in [6.45, 7) is 7.44. The predicted molar refractivity (Wildman–Crippen MR) is 139 cm³/mol. The summed E-state index contributed by atoms with van der Waals surface area (Å²) < 4.78 is 5.94. The van der Waals surface area contributed by atoms with Crippen molar-refractivity contribution >= 4 is 33.8 Å². The van der Waals surface area contributed by atoms with Crippen molar-refractivity contribution in [2.75, 3.05) is 36.1 Å². The molecule has 2 aromatic heterocycles. The first-order valence-corrected chi connectivity index (χ1v) is 12.9. The third-order valence-electron chi connectivity index (χ3n) is 6.30. The van der Waals surface area contributed by atoms with Gasteiger partial charge in [-0.2, -0.15) is 0 Å². The van der Waals surface area contributed by atoms with Crippen LogP contribution in [0.15, 0.2) is 36.4 Å². The highest BCUT2D eigenvalue weighted by molar-refractivity contribution is 7.17. The molecule has 2 aliphatic heterocycles. The zero-order chi connectivity index (χ0) is 25.4. The normalized spacial score (nSPS) is 17.0. The molecule has 5 rings (SSSR count). The number of amides is 1. The van der Waals surface area contributed by atoms with E-state index in [0.717, 1.165) is 39.3 Å². The molecule has 36 heavy (non-hydrogen) atoms. The SMILES string of the molecule is Cc1cccc(CN(CC(O)CO)c2ccc3c(c2)N(c2nc4c(s2)C(=O)NC(C)(C)C4)CCO3)n1. The van der Waals surface area contributed by atoms with Gasteiger partial charge in [-0.25, -0.2) is 4.98 Å².